The van der Waals surface area contributed by atoms with E-state index in [1.54, 1.807) is 0 Å². The van der Waals surface area contributed by atoms with Crippen LogP contribution in [0, 0.1) is 0 Å². The monoisotopic (exact) mass is 269 g/mol. The van der Waals surface area contributed by atoms with Crippen LogP contribution in [0.2, 0.25) is 0 Å². The lowest BCUT2D eigenvalue weighted by Gasteiger charge is -2.11. The summed E-state index contributed by atoms with van der Waals surface area (Å²) < 4.78 is 2.27. The topological polar surface area (TPSA) is 29.9 Å². The van der Waals surface area contributed by atoms with Crippen molar-refractivity contribution in [3.8, 4) is 0 Å². The summed E-state index contributed by atoms with van der Waals surface area (Å²) in [6.45, 7) is 4.24. The zero-order chi connectivity index (χ0) is 13.8. The third kappa shape index (κ3) is 3.28. The number of benzene rings is 1. The number of imidazole rings is 1. The predicted octanol–water partition coefficient (Wildman–Crippen LogP) is 3.14. The van der Waals surface area contributed by atoms with Gasteiger partial charge in [-0.1, -0.05) is 31.2 Å². The largest absolute Gasteiger partial charge is 0.335 e. The van der Waals surface area contributed by atoms with Crippen molar-refractivity contribution in [2.45, 2.75) is 51.7 Å². The second-order valence-corrected chi connectivity index (χ2v) is 5.64. The zero-order valence-electron chi connectivity index (χ0n) is 12.2. The van der Waals surface area contributed by atoms with E-state index in [0.29, 0.717) is 0 Å². The van der Waals surface area contributed by atoms with Gasteiger partial charge in [0, 0.05) is 37.9 Å². The van der Waals surface area contributed by atoms with Crippen LogP contribution < -0.4 is 5.32 Å². The number of nitrogens with zero attached hydrogens (tertiary/aromatic N) is 2. The molecule has 20 heavy (non-hydrogen) atoms. The lowest BCUT2D eigenvalue weighted by molar-refractivity contribution is 0.643. The van der Waals surface area contributed by atoms with Gasteiger partial charge < -0.3 is 9.88 Å². The van der Waals surface area contributed by atoms with E-state index < -0.39 is 0 Å². The van der Waals surface area contributed by atoms with E-state index in [4.69, 9.17) is 0 Å². The second kappa shape index (κ2) is 6.23. The summed E-state index contributed by atoms with van der Waals surface area (Å²) in [5, 5.41) is 3.61. The number of aromatic nitrogens is 2. The first-order chi connectivity index (χ1) is 9.86. The van der Waals surface area contributed by atoms with Crippen LogP contribution in [-0.4, -0.2) is 15.6 Å². The Bertz CT molecular complexity index is 555. The van der Waals surface area contributed by atoms with Crippen molar-refractivity contribution in [1.82, 2.24) is 14.9 Å². The molecule has 1 aliphatic rings. The fourth-order valence-corrected chi connectivity index (χ4v) is 2.57. The molecule has 1 heterocycles. The van der Waals surface area contributed by atoms with Gasteiger partial charge in [-0.3, -0.25) is 0 Å². The molecule has 0 amide bonds. The molecule has 1 N–H and O–H groups in total. The average Bonchev–Trinajstić information content (AvgIpc) is 3.20. The third-order valence-corrected chi connectivity index (χ3v) is 3.89. The lowest BCUT2D eigenvalue weighted by Crippen LogP contribution is -2.17. The molecule has 0 spiro atoms. The van der Waals surface area contributed by atoms with Gasteiger partial charge in [0.15, 0.2) is 0 Å². The standard InChI is InChI=1S/C17H23N3/c1-2-10-20-11-9-18-17(20)12-14-5-3-4-6-15(14)13-19-16-7-8-16/h3-6,9,11,16,19H,2,7-8,10,12-13H2,1H3. The van der Waals surface area contributed by atoms with Crippen molar-refractivity contribution in [1.29, 1.82) is 0 Å². The number of rotatable bonds is 7. The van der Waals surface area contributed by atoms with E-state index in [9.17, 15) is 0 Å². The molecule has 0 bridgehead atoms. The summed E-state index contributed by atoms with van der Waals surface area (Å²) >= 11 is 0. The Labute approximate surface area is 121 Å². The van der Waals surface area contributed by atoms with Crippen molar-refractivity contribution in [2.24, 2.45) is 0 Å². The van der Waals surface area contributed by atoms with Gasteiger partial charge in [-0.2, -0.15) is 0 Å². The van der Waals surface area contributed by atoms with Gasteiger partial charge >= 0.3 is 0 Å². The molecule has 0 atom stereocenters. The van der Waals surface area contributed by atoms with Crippen molar-refractivity contribution in [3.63, 3.8) is 0 Å². The molecule has 2 aromatic rings. The summed E-state index contributed by atoms with van der Waals surface area (Å²) in [6.07, 6.45) is 8.75. The summed E-state index contributed by atoms with van der Waals surface area (Å²) in [5.74, 6) is 1.17. The van der Waals surface area contributed by atoms with E-state index in [1.165, 1.54) is 29.8 Å². The van der Waals surface area contributed by atoms with Crippen molar-refractivity contribution >= 4 is 0 Å². The quantitative estimate of drug-likeness (QED) is 0.837. The molecular formula is C17H23N3. The molecule has 1 fully saturated rings. The first-order valence-electron chi connectivity index (χ1n) is 7.67. The molecule has 1 aliphatic carbocycles. The van der Waals surface area contributed by atoms with Gasteiger partial charge in [0.1, 0.15) is 5.82 Å². The van der Waals surface area contributed by atoms with Crippen LogP contribution in [0.4, 0.5) is 0 Å². The number of aryl methyl sites for hydroxylation is 1. The van der Waals surface area contributed by atoms with Gasteiger partial charge in [-0.25, -0.2) is 4.98 Å². The smallest absolute Gasteiger partial charge is 0.113 e. The third-order valence-electron chi connectivity index (χ3n) is 3.89. The lowest BCUT2D eigenvalue weighted by atomic mass is 10.0. The Hall–Kier alpha value is -1.61. The fraction of sp³-hybridized carbons (Fsp3) is 0.471. The van der Waals surface area contributed by atoms with Gasteiger partial charge in [-0.15, -0.1) is 0 Å². The molecule has 106 valence electrons. The van der Waals surface area contributed by atoms with Crippen LogP contribution in [0.25, 0.3) is 0 Å². The molecule has 0 unspecified atom stereocenters. The zero-order valence-corrected chi connectivity index (χ0v) is 12.2. The average molecular weight is 269 g/mol. The highest BCUT2D eigenvalue weighted by atomic mass is 15.1. The Balaban J connectivity index is 1.73. The number of hydrogen-bond donors (Lipinski definition) is 1. The SMILES string of the molecule is CCCn1ccnc1Cc1ccccc1CNC1CC1. The molecule has 3 rings (SSSR count). The molecule has 0 saturated heterocycles. The highest BCUT2D eigenvalue weighted by molar-refractivity contribution is 5.30. The minimum Gasteiger partial charge on any atom is -0.335 e. The van der Waals surface area contributed by atoms with Crippen LogP contribution in [0.15, 0.2) is 36.7 Å². The van der Waals surface area contributed by atoms with Crippen molar-refractivity contribution in [2.75, 3.05) is 0 Å². The molecular weight excluding hydrogens is 246 g/mol. The van der Waals surface area contributed by atoms with Crippen molar-refractivity contribution in [3.05, 3.63) is 53.6 Å². The summed E-state index contributed by atoms with van der Waals surface area (Å²) in [4.78, 5) is 4.52. The Morgan fingerprint density at radius 1 is 1.25 bits per heavy atom. The van der Waals surface area contributed by atoms with Crippen LogP contribution in [0.1, 0.15) is 43.1 Å². The molecule has 1 saturated carbocycles. The maximum absolute atomic E-state index is 4.52. The second-order valence-electron chi connectivity index (χ2n) is 5.64. The van der Waals surface area contributed by atoms with Crippen LogP contribution >= 0.6 is 0 Å². The predicted molar refractivity (Wildman–Crippen MR) is 81.6 cm³/mol. The van der Waals surface area contributed by atoms with E-state index in [1.807, 2.05) is 6.20 Å². The highest BCUT2D eigenvalue weighted by Gasteiger charge is 2.20. The summed E-state index contributed by atoms with van der Waals surface area (Å²) in [5.41, 5.74) is 2.80. The number of nitrogens with one attached hydrogen (secondary N) is 1. The maximum Gasteiger partial charge on any atom is 0.113 e. The minimum absolute atomic E-state index is 0.755. The normalized spacial score (nSPS) is 14.7. The van der Waals surface area contributed by atoms with Crippen molar-refractivity contribution < 1.29 is 0 Å². The Morgan fingerprint density at radius 2 is 2.05 bits per heavy atom. The molecule has 1 aromatic heterocycles. The fourth-order valence-electron chi connectivity index (χ4n) is 2.57. The molecule has 3 nitrogen and oxygen atoms in total. The van der Waals surface area contributed by atoms with Gasteiger partial charge in [0.2, 0.25) is 0 Å². The van der Waals surface area contributed by atoms with Gasteiger partial charge in [-0.05, 0) is 30.4 Å². The van der Waals surface area contributed by atoms with Crippen LogP contribution in [-0.2, 0) is 19.5 Å². The first-order valence-corrected chi connectivity index (χ1v) is 7.67. The molecule has 1 aromatic carbocycles. The van der Waals surface area contributed by atoms with Gasteiger partial charge in [0.05, 0.1) is 0 Å². The maximum atomic E-state index is 4.52. The van der Waals surface area contributed by atoms with Crippen LogP contribution in [0.3, 0.4) is 0 Å². The highest BCUT2D eigenvalue weighted by Crippen LogP contribution is 2.20. The van der Waals surface area contributed by atoms with Gasteiger partial charge in [0.25, 0.3) is 0 Å². The Kier molecular flexibility index (Phi) is 4.16. The molecule has 3 heteroatoms. The molecule has 0 aliphatic heterocycles. The van der Waals surface area contributed by atoms with Crippen LogP contribution in [0.5, 0.6) is 0 Å². The molecule has 0 radical (unpaired) electrons. The van der Waals surface area contributed by atoms with E-state index in [-0.39, 0.29) is 0 Å². The van der Waals surface area contributed by atoms with E-state index in [2.05, 4.69) is 52.3 Å². The first kappa shape index (κ1) is 13.4. The summed E-state index contributed by atoms with van der Waals surface area (Å²) in [7, 11) is 0. The minimum atomic E-state index is 0.755. The summed E-state index contributed by atoms with van der Waals surface area (Å²) in [6, 6.07) is 9.48. The van der Waals surface area contributed by atoms with E-state index >= 15 is 0 Å². The Morgan fingerprint density at radius 3 is 2.80 bits per heavy atom. The number of hydrogen-bond acceptors (Lipinski definition) is 2. The van der Waals surface area contributed by atoms with E-state index in [0.717, 1.165) is 32.0 Å².